The highest BCUT2D eigenvalue weighted by molar-refractivity contribution is 4.80. The summed E-state index contributed by atoms with van der Waals surface area (Å²) in [5.41, 5.74) is -0.572. The van der Waals surface area contributed by atoms with Crippen molar-refractivity contribution in [3.05, 3.63) is 0 Å². The average Bonchev–Trinajstić information content (AvgIpc) is 2.01. The molecule has 0 aromatic carbocycles. The second kappa shape index (κ2) is 4.43. The van der Waals surface area contributed by atoms with Gasteiger partial charge in [0.2, 0.25) is 0 Å². The number of rotatable bonds is 3. The van der Waals surface area contributed by atoms with Crippen LogP contribution >= 0.6 is 0 Å². The first-order chi connectivity index (χ1) is 5.99. The Kier molecular flexibility index (Phi) is 3.74. The summed E-state index contributed by atoms with van der Waals surface area (Å²) in [6, 6.07) is 0.625. The van der Waals surface area contributed by atoms with Gasteiger partial charge in [0.1, 0.15) is 0 Å². The highest BCUT2D eigenvalue weighted by Crippen LogP contribution is 2.23. The average molecular weight is 185 g/mol. The van der Waals surface area contributed by atoms with Crippen molar-refractivity contribution < 1.29 is 5.11 Å². The highest BCUT2D eigenvalue weighted by Gasteiger charge is 2.22. The first-order valence-corrected chi connectivity index (χ1v) is 5.45. The largest absolute Gasteiger partial charge is 0.389 e. The lowest BCUT2D eigenvalue weighted by molar-refractivity contribution is 0.0713. The molecule has 2 atom stereocenters. The Hall–Kier alpha value is -0.0800. The van der Waals surface area contributed by atoms with E-state index < -0.39 is 5.60 Å². The van der Waals surface area contributed by atoms with Crippen LogP contribution in [0.4, 0.5) is 0 Å². The molecule has 1 aliphatic rings. The van der Waals surface area contributed by atoms with Crippen molar-refractivity contribution >= 4 is 0 Å². The Balaban J connectivity index is 2.27. The molecule has 1 aliphatic carbocycles. The van der Waals surface area contributed by atoms with Gasteiger partial charge in [-0.1, -0.05) is 19.8 Å². The van der Waals surface area contributed by atoms with Gasteiger partial charge >= 0.3 is 0 Å². The van der Waals surface area contributed by atoms with Crippen LogP contribution < -0.4 is 5.32 Å². The molecule has 0 heterocycles. The first kappa shape index (κ1) is 11.0. The number of hydrogen-bond donors (Lipinski definition) is 2. The molecule has 0 aromatic heterocycles. The standard InChI is InChI=1S/C11H23NO/c1-9-6-4-5-7-10(9)12-8-11(2,3)13/h9-10,12-13H,4-8H2,1-3H3. The molecule has 0 radical (unpaired) electrons. The number of aliphatic hydroxyl groups is 1. The molecule has 1 saturated carbocycles. The van der Waals surface area contributed by atoms with Crippen LogP contribution in [0.2, 0.25) is 0 Å². The van der Waals surface area contributed by atoms with E-state index in [-0.39, 0.29) is 0 Å². The first-order valence-electron chi connectivity index (χ1n) is 5.45. The van der Waals surface area contributed by atoms with Crippen molar-refractivity contribution in [2.75, 3.05) is 6.54 Å². The molecule has 0 aromatic rings. The molecule has 0 spiro atoms. The van der Waals surface area contributed by atoms with Gasteiger partial charge in [-0.3, -0.25) is 0 Å². The van der Waals surface area contributed by atoms with Crippen molar-refractivity contribution in [3.63, 3.8) is 0 Å². The summed E-state index contributed by atoms with van der Waals surface area (Å²) >= 11 is 0. The molecular weight excluding hydrogens is 162 g/mol. The molecule has 78 valence electrons. The zero-order valence-corrected chi connectivity index (χ0v) is 9.14. The quantitative estimate of drug-likeness (QED) is 0.704. The van der Waals surface area contributed by atoms with Gasteiger partial charge in [-0.2, -0.15) is 0 Å². The van der Waals surface area contributed by atoms with Crippen molar-refractivity contribution in [2.45, 2.75) is 58.1 Å². The van der Waals surface area contributed by atoms with Crippen LogP contribution in [0.1, 0.15) is 46.5 Å². The van der Waals surface area contributed by atoms with Gasteiger partial charge in [0, 0.05) is 12.6 Å². The molecule has 0 amide bonds. The summed E-state index contributed by atoms with van der Waals surface area (Å²) < 4.78 is 0. The smallest absolute Gasteiger partial charge is 0.0715 e. The van der Waals surface area contributed by atoms with E-state index in [4.69, 9.17) is 0 Å². The predicted molar refractivity (Wildman–Crippen MR) is 55.7 cm³/mol. The maximum atomic E-state index is 9.57. The summed E-state index contributed by atoms with van der Waals surface area (Å²) in [5.74, 6) is 0.774. The van der Waals surface area contributed by atoms with Crippen LogP contribution in [0.5, 0.6) is 0 Å². The predicted octanol–water partition coefficient (Wildman–Crippen LogP) is 1.93. The fourth-order valence-corrected chi connectivity index (χ4v) is 2.00. The maximum Gasteiger partial charge on any atom is 0.0715 e. The highest BCUT2D eigenvalue weighted by atomic mass is 16.3. The zero-order chi connectivity index (χ0) is 9.90. The molecule has 1 rings (SSSR count). The fourth-order valence-electron chi connectivity index (χ4n) is 2.00. The zero-order valence-electron chi connectivity index (χ0n) is 9.14. The molecular formula is C11H23NO. The minimum atomic E-state index is -0.572. The normalized spacial score (nSPS) is 30.5. The Morgan fingerprint density at radius 3 is 2.46 bits per heavy atom. The van der Waals surface area contributed by atoms with Gasteiger partial charge in [0.15, 0.2) is 0 Å². The Morgan fingerprint density at radius 1 is 1.31 bits per heavy atom. The van der Waals surface area contributed by atoms with Gasteiger partial charge in [-0.25, -0.2) is 0 Å². The minimum Gasteiger partial charge on any atom is -0.389 e. The Bertz CT molecular complexity index is 151. The number of hydrogen-bond acceptors (Lipinski definition) is 2. The van der Waals surface area contributed by atoms with Crippen LogP contribution in [-0.4, -0.2) is 23.3 Å². The topological polar surface area (TPSA) is 32.3 Å². The van der Waals surface area contributed by atoms with E-state index in [0.29, 0.717) is 12.6 Å². The summed E-state index contributed by atoms with van der Waals surface area (Å²) in [6.07, 6.45) is 5.33. The molecule has 2 heteroatoms. The van der Waals surface area contributed by atoms with E-state index in [1.165, 1.54) is 25.7 Å². The summed E-state index contributed by atoms with van der Waals surface area (Å²) in [4.78, 5) is 0. The minimum absolute atomic E-state index is 0.572. The molecule has 2 unspecified atom stereocenters. The van der Waals surface area contributed by atoms with E-state index in [1.54, 1.807) is 0 Å². The van der Waals surface area contributed by atoms with Crippen LogP contribution in [0, 0.1) is 5.92 Å². The van der Waals surface area contributed by atoms with E-state index in [2.05, 4.69) is 12.2 Å². The Morgan fingerprint density at radius 2 is 1.92 bits per heavy atom. The summed E-state index contributed by atoms with van der Waals surface area (Å²) in [5, 5.41) is 13.0. The van der Waals surface area contributed by atoms with Crippen LogP contribution in [0.3, 0.4) is 0 Å². The molecule has 2 nitrogen and oxygen atoms in total. The maximum absolute atomic E-state index is 9.57. The lowest BCUT2D eigenvalue weighted by atomic mass is 9.85. The Labute approximate surface area is 81.7 Å². The molecule has 0 bridgehead atoms. The van der Waals surface area contributed by atoms with Crippen molar-refractivity contribution in [3.8, 4) is 0 Å². The van der Waals surface area contributed by atoms with Gasteiger partial charge in [0.25, 0.3) is 0 Å². The van der Waals surface area contributed by atoms with E-state index in [0.717, 1.165) is 5.92 Å². The monoisotopic (exact) mass is 185 g/mol. The van der Waals surface area contributed by atoms with Crippen LogP contribution in [0.15, 0.2) is 0 Å². The second-order valence-corrected chi connectivity index (χ2v) is 5.06. The SMILES string of the molecule is CC1CCCCC1NCC(C)(C)O. The lowest BCUT2D eigenvalue weighted by Crippen LogP contribution is -2.44. The summed E-state index contributed by atoms with van der Waals surface area (Å²) in [7, 11) is 0. The van der Waals surface area contributed by atoms with Gasteiger partial charge in [-0.05, 0) is 32.6 Å². The second-order valence-electron chi connectivity index (χ2n) is 5.06. The third kappa shape index (κ3) is 4.10. The summed E-state index contributed by atoms with van der Waals surface area (Å²) in [6.45, 7) is 6.73. The molecule has 0 saturated heterocycles. The van der Waals surface area contributed by atoms with E-state index in [9.17, 15) is 5.11 Å². The molecule has 1 fully saturated rings. The van der Waals surface area contributed by atoms with Crippen molar-refractivity contribution in [1.82, 2.24) is 5.32 Å². The van der Waals surface area contributed by atoms with Gasteiger partial charge < -0.3 is 10.4 Å². The van der Waals surface area contributed by atoms with Gasteiger partial charge in [0.05, 0.1) is 5.60 Å². The van der Waals surface area contributed by atoms with Crippen molar-refractivity contribution in [1.29, 1.82) is 0 Å². The molecule has 0 aliphatic heterocycles. The van der Waals surface area contributed by atoms with Crippen LogP contribution in [-0.2, 0) is 0 Å². The van der Waals surface area contributed by atoms with Crippen LogP contribution in [0.25, 0.3) is 0 Å². The van der Waals surface area contributed by atoms with E-state index >= 15 is 0 Å². The third-order valence-electron chi connectivity index (χ3n) is 2.91. The molecule has 2 N–H and O–H groups in total. The van der Waals surface area contributed by atoms with Crippen molar-refractivity contribution in [2.24, 2.45) is 5.92 Å². The number of nitrogens with one attached hydrogen (secondary N) is 1. The fraction of sp³-hybridized carbons (Fsp3) is 1.00. The van der Waals surface area contributed by atoms with E-state index in [1.807, 2.05) is 13.8 Å². The third-order valence-corrected chi connectivity index (χ3v) is 2.91. The lowest BCUT2D eigenvalue weighted by Gasteiger charge is -2.31. The molecule has 13 heavy (non-hydrogen) atoms. The van der Waals surface area contributed by atoms with Gasteiger partial charge in [-0.15, -0.1) is 0 Å².